The third-order valence-electron chi connectivity index (χ3n) is 5.50. The zero-order valence-electron chi connectivity index (χ0n) is 20.1. The molecule has 3 rings (SSSR count). The Balaban J connectivity index is 1.79. The molecule has 2 aromatic rings. The minimum Gasteiger partial charge on any atom is -0.444 e. The van der Waals surface area contributed by atoms with Gasteiger partial charge in [-0.3, -0.25) is 4.79 Å². The van der Waals surface area contributed by atoms with Gasteiger partial charge in [-0.05, 0) is 73.3 Å². The maximum Gasteiger partial charge on any atom is 0.449 e. The fourth-order valence-electron chi connectivity index (χ4n) is 3.86. The molecule has 0 bridgehead atoms. The molecule has 7 nitrogen and oxygen atoms in total. The molecule has 198 valence electrons. The summed E-state index contributed by atoms with van der Waals surface area (Å²) in [6, 6.07) is 1.07. The summed E-state index contributed by atoms with van der Waals surface area (Å²) in [5.74, 6) is -2.87. The molecule has 0 saturated carbocycles. The molecule has 1 aromatic carbocycles. The minimum atomic E-state index is -4.65. The van der Waals surface area contributed by atoms with Gasteiger partial charge in [-0.1, -0.05) is 0 Å². The number of imidazole rings is 1. The standard InChI is InChI=1S/C23H26BrF5N4O3/c1-12-7-16(26)13(9-15(12)25)8-14(30-21(35)36-22(2,3)4)10-18(34)32-5-6-33-17(11-32)19(24)31-20(33)23(27,28)29/h7,9,14H,5-6,8,10-11H2,1-4H3,(H,30,35)/t14-/m1/s1. The Hall–Kier alpha value is -2.70. The highest BCUT2D eigenvalue weighted by Gasteiger charge is 2.40. The summed E-state index contributed by atoms with van der Waals surface area (Å²) in [4.78, 5) is 30.3. The van der Waals surface area contributed by atoms with Crippen LogP contribution in [0.25, 0.3) is 0 Å². The molecule has 1 atom stereocenters. The van der Waals surface area contributed by atoms with E-state index in [1.54, 1.807) is 20.8 Å². The van der Waals surface area contributed by atoms with Gasteiger partial charge in [0.1, 0.15) is 21.8 Å². The van der Waals surface area contributed by atoms with Crippen LogP contribution < -0.4 is 5.32 Å². The first-order valence-electron chi connectivity index (χ1n) is 11.1. The lowest BCUT2D eigenvalue weighted by Crippen LogP contribution is -2.45. The van der Waals surface area contributed by atoms with Crippen molar-refractivity contribution in [2.75, 3.05) is 6.54 Å². The molecule has 0 radical (unpaired) electrons. The number of hydrogen-bond acceptors (Lipinski definition) is 4. The van der Waals surface area contributed by atoms with Crippen molar-refractivity contribution in [2.45, 2.75) is 71.4 Å². The van der Waals surface area contributed by atoms with Crippen molar-refractivity contribution in [1.29, 1.82) is 0 Å². The first kappa shape index (κ1) is 27.9. The molecule has 36 heavy (non-hydrogen) atoms. The van der Waals surface area contributed by atoms with Crippen LogP contribution in [0.15, 0.2) is 16.7 Å². The molecule has 0 aliphatic carbocycles. The molecule has 1 aromatic heterocycles. The molecular formula is C23H26BrF5N4O3. The zero-order chi connectivity index (χ0) is 27.0. The number of carbonyl (C=O) groups excluding carboxylic acids is 2. The van der Waals surface area contributed by atoms with Crippen LogP contribution in [0, 0.1) is 18.6 Å². The number of rotatable bonds is 5. The van der Waals surface area contributed by atoms with Crippen molar-refractivity contribution < 1.29 is 36.3 Å². The summed E-state index contributed by atoms with van der Waals surface area (Å²) in [5.41, 5.74) is -0.586. The van der Waals surface area contributed by atoms with Gasteiger partial charge in [0.15, 0.2) is 0 Å². The Morgan fingerprint density at radius 3 is 2.44 bits per heavy atom. The van der Waals surface area contributed by atoms with E-state index in [0.717, 1.165) is 16.7 Å². The second-order valence-corrected chi connectivity index (χ2v) is 10.3. The van der Waals surface area contributed by atoms with Crippen LogP contribution in [0.4, 0.5) is 26.7 Å². The normalized spacial score (nSPS) is 14.9. The SMILES string of the molecule is Cc1cc(F)c(C[C@H](CC(=O)N2CCn3c(C(F)(F)F)nc(Br)c3C2)NC(=O)OC(C)(C)C)cc1F. The number of hydrogen-bond donors (Lipinski definition) is 1. The topological polar surface area (TPSA) is 76.5 Å². The quantitative estimate of drug-likeness (QED) is 0.498. The fraction of sp³-hybridized carbons (Fsp3) is 0.522. The van der Waals surface area contributed by atoms with E-state index >= 15 is 0 Å². The number of carbonyl (C=O) groups is 2. The van der Waals surface area contributed by atoms with Crippen LogP contribution in [0.5, 0.6) is 0 Å². The molecule has 0 fully saturated rings. The molecule has 1 aliphatic rings. The Bertz CT molecular complexity index is 1160. The molecule has 0 unspecified atom stereocenters. The summed E-state index contributed by atoms with van der Waals surface area (Å²) in [6.45, 7) is 6.05. The lowest BCUT2D eigenvalue weighted by molar-refractivity contribution is -0.148. The van der Waals surface area contributed by atoms with E-state index in [1.165, 1.54) is 11.8 Å². The molecule has 1 N–H and O–H groups in total. The fourth-order valence-corrected chi connectivity index (χ4v) is 4.36. The zero-order valence-corrected chi connectivity index (χ0v) is 21.7. The third kappa shape index (κ3) is 6.74. The number of benzene rings is 1. The van der Waals surface area contributed by atoms with Gasteiger partial charge >= 0.3 is 12.3 Å². The third-order valence-corrected chi connectivity index (χ3v) is 6.13. The van der Waals surface area contributed by atoms with Crippen molar-refractivity contribution >= 4 is 27.9 Å². The Labute approximate surface area is 213 Å². The van der Waals surface area contributed by atoms with Gasteiger partial charge in [0.2, 0.25) is 11.7 Å². The largest absolute Gasteiger partial charge is 0.449 e. The van der Waals surface area contributed by atoms with Crippen molar-refractivity contribution in [3.8, 4) is 0 Å². The van der Waals surface area contributed by atoms with Crippen molar-refractivity contribution in [3.63, 3.8) is 0 Å². The predicted molar refractivity (Wildman–Crippen MR) is 123 cm³/mol. The monoisotopic (exact) mass is 580 g/mol. The Morgan fingerprint density at radius 1 is 1.17 bits per heavy atom. The summed E-state index contributed by atoms with van der Waals surface area (Å²) in [7, 11) is 0. The molecule has 0 spiro atoms. The number of ether oxygens (including phenoxy) is 1. The van der Waals surface area contributed by atoms with Crippen LogP contribution in [0.2, 0.25) is 0 Å². The second-order valence-electron chi connectivity index (χ2n) is 9.58. The highest BCUT2D eigenvalue weighted by Crippen LogP contribution is 2.34. The number of aryl methyl sites for hydroxylation is 1. The van der Waals surface area contributed by atoms with Gasteiger partial charge in [0.25, 0.3) is 0 Å². The Morgan fingerprint density at radius 2 is 1.83 bits per heavy atom. The summed E-state index contributed by atoms with van der Waals surface area (Å²) in [6.07, 6.45) is -6.01. The van der Waals surface area contributed by atoms with Crippen LogP contribution in [-0.2, 0) is 35.2 Å². The van der Waals surface area contributed by atoms with Gasteiger partial charge in [-0.25, -0.2) is 18.6 Å². The number of alkyl carbamates (subject to hydrolysis) is 1. The van der Waals surface area contributed by atoms with Gasteiger partial charge in [-0.15, -0.1) is 0 Å². The maximum atomic E-state index is 14.5. The average Bonchev–Trinajstić information content (AvgIpc) is 3.07. The van der Waals surface area contributed by atoms with Gasteiger partial charge in [0.05, 0.1) is 12.2 Å². The van der Waals surface area contributed by atoms with Gasteiger partial charge in [-0.2, -0.15) is 13.2 Å². The highest BCUT2D eigenvalue weighted by atomic mass is 79.9. The molecule has 2 amide bonds. The van der Waals surface area contributed by atoms with E-state index in [0.29, 0.717) is 0 Å². The van der Waals surface area contributed by atoms with Crippen molar-refractivity contribution in [3.05, 3.63) is 51.0 Å². The first-order chi connectivity index (χ1) is 16.5. The van der Waals surface area contributed by atoms with Crippen LogP contribution in [-0.4, -0.2) is 44.6 Å². The minimum absolute atomic E-state index is 0.0204. The maximum absolute atomic E-state index is 14.5. The van der Waals surface area contributed by atoms with E-state index in [1.807, 2.05) is 0 Å². The van der Waals surface area contributed by atoms with E-state index in [-0.39, 0.29) is 53.9 Å². The Kier molecular flexibility index (Phi) is 8.01. The number of nitrogens with zero attached hydrogens (tertiary/aromatic N) is 3. The number of amides is 2. The summed E-state index contributed by atoms with van der Waals surface area (Å²) < 4.78 is 74.5. The molecule has 2 heterocycles. The number of fused-ring (bicyclic) bond motifs is 1. The highest BCUT2D eigenvalue weighted by molar-refractivity contribution is 9.10. The molecule has 1 aliphatic heterocycles. The van der Waals surface area contributed by atoms with Gasteiger partial charge < -0.3 is 19.5 Å². The predicted octanol–water partition coefficient (Wildman–Crippen LogP) is 5.12. The summed E-state index contributed by atoms with van der Waals surface area (Å²) >= 11 is 3.03. The second kappa shape index (κ2) is 10.3. The van der Waals surface area contributed by atoms with E-state index < -0.39 is 47.3 Å². The van der Waals surface area contributed by atoms with E-state index in [4.69, 9.17) is 4.74 Å². The van der Waals surface area contributed by atoms with Crippen molar-refractivity contribution in [2.24, 2.45) is 0 Å². The summed E-state index contributed by atoms with van der Waals surface area (Å²) in [5, 5.41) is 2.53. The first-order valence-corrected chi connectivity index (χ1v) is 11.9. The van der Waals surface area contributed by atoms with Crippen LogP contribution in [0.3, 0.4) is 0 Å². The lowest BCUT2D eigenvalue weighted by Gasteiger charge is -2.31. The number of alkyl halides is 3. The van der Waals surface area contributed by atoms with Crippen LogP contribution >= 0.6 is 15.9 Å². The van der Waals surface area contributed by atoms with E-state index in [9.17, 15) is 31.5 Å². The van der Waals surface area contributed by atoms with Gasteiger partial charge in [0, 0.05) is 25.6 Å². The van der Waals surface area contributed by atoms with Crippen LogP contribution in [0.1, 0.15) is 49.8 Å². The number of halogens is 6. The van der Waals surface area contributed by atoms with Crippen molar-refractivity contribution in [1.82, 2.24) is 19.8 Å². The molecule has 13 heteroatoms. The van der Waals surface area contributed by atoms with E-state index in [2.05, 4.69) is 26.2 Å². The number of nitrogens with one attached hydrogen (secondary N) is 1. The number of aromatic nitrogens is 2. The smallest absolute Gasteiger partial charge is 0.444 e. The average molecular weight is 581 g/mol. The molecule has 0 saturated heterocycles. The lowest BCUT2D eigenvalue weighted by atomic mass is 10.0. The molecular weight excluding hydrogens is 555 g/mol.